The van der Waals surface area contributed by atoms with E-state index in [4.69, 9.17) is 0 Å². The minimum Gasteiger partial charge on any atom is -0.339 e. The summed E-state index contributed by atoms with van der Waals surface area (Å²) in [5, 5.41) is 14.6. The maximum absolute atomic E-state index is 12.6. The zero-order chi connectivity index (χ0) is 16.8. The second-order valence-electron chi connectivity index (χ2n) is 5.96. The summed E-state index contributed by atoms with van der Waals surface area (Å²) in [4.78, 5) is 15.9. The molecule has 2 aromatic heterocycles. The lowest BCUT2D eigenvalue weighted by molar-refractivity contribution is -0.131. The van der Waals surface area contributed by atoms with Crippen LogP contribution in [0.3, 0.4) is 0 Å². The van der Waals surface area contributed by atoms with Crippen molar-refractivity contribution in [2.75, 3.05) is 12.3 Å². The topological polar surface area (TPSA) is 63.9 Å². The Morgan fingerprint density at radius 1 is 1.42 bits per heavy atom. The van der Waals surface area contributed by atoms with Crippen molar-refractivity contribution in [3.63, 3.8) is 0 Å². The Hall–Kier alpha value is -1.41. The fourth-order valence-corrected chi connectivity index (χ4v) is 4.64. The van der Waals surface area contributed by atoms with Gasteiger partial charge in [0, 0.05) is 17.5 Å². The highest BCUT2D eigenvalue weighted by molar-refractivity contribution is 7.99. The van der Waals surface area contributed by atoms with Gasteiger partial charge >= 0.3 is 0 Å². The lowest BCUT2D eigenvalue weighted by atomic mass is 9.94. The molecular formula is C16H23N5OS2. The van der Waals surface area contributed by atoms with E-state index in [0.29, 0.717) is 23.5 Å². The predicted molar refractivity (Wildman–Crippen MR) is 96.2 cm³/mol. The van der Waals surface area contributed by atoms with Crippen molar-refractivity contribution >= 4 is 29.0 Å². The predicted octanol–water partition coefficient (Wildman–Crippen LogP) is 3.06. The number of aromatic nitrogens is 4. The van der Waals surface area contributed by atoms with Gasteiger partial charge in [0.15, 0.2) is 0 Å². The van der Waals surface area contributed by atoms with Gasteiger partial charge in [-0.3, -0.25) is 4.79 Å². The third kappa shape index (κ3) is 4.36. The molecule has 0 unspecified atom stereocenters. The smallest absolute Gasteiger partial charge is 0.233 e. The number of carbonyl (C=O) groups excluding carboxylic acids is 1. The van der Waals surface area contributed by atoms with Crippen LogP contribution in [0.4, 0.5) is 0 Å². The van der Waals surface area contributed by atoms with Crippen LogP contribution in [-0.4, -0.2) is 49.4 Å². The largest absolute Gasteiger partial charge is 0.339 e. The molecule has 2 aromatic rings. The molecule has 0 aromatic carbocycles. The van der Waals surface area contributed by atoms with Crippen LogP contribution in [0, 0.1) is 0 Å². The molecule has 130 valence electrons. The zero-order valence-electron chi connectivity index (χ0n) is 13.9. The van der Waals surface area contributed by atoms with Gasteiger partial charge in [0.2, 0.25) is 11.1 Å². The van der Waals surface area contributed by atoms with Crippen LogP contribution in [0.1, 0.15) is 43.9 Å². The standard InChI is InChI=1S/C16H23N5OS2/c1-2-20(13-7-4-3-5-8-13)15(22)12-24-16-17-18-19-21(16)11-14-9-6-10-23-14/h6,9-10,13H,2-5,7-8,11-12H2,1H3. The number of amides is 1. The molecule has 2 heterocycles. The zero-order valence-corrected chi connectivity index (χ0v) is 15.6. The molecule has 3 rings (SSSR count). The number of hydrogen-bond donors (Lipinski definition) is 0. The van der Waals surface area contributed by atoms with E-state index in [1.165, 1.54) is 35.9 Å². The van der Waals surface area contributed by atoms with Crippen LogP contribution in [0.2, 0.25) is 0 Å². The van der Waals surface area contributed by atoms with Crippen LogP contribution in [0.5, 0.6) is 0 Å². The molecule has 1 aliphatic carbocycles. The average Bonchev–Trinajstić information content (AvgIpc) is 3.27. The molecule has 24 heavy (non-hydrogen) atoms. The van der Waals surface area contributed by atoms with Gasteiger partial charge in [-0.1, -0.05) is 37.1 Å². The summed E-state index contributed by atoms with van der Waals surface area (Å²) >= 11 is 3.11. The first kappa shape index (κ1) is 17.4. The van der Waals surface area contributed by atoms with Gasteiger partial charge < -0.3 is 4.90 Å². The van der Waals surface area contributed by atoms with Gasteiger partial charge in [0.05, 0.1) is 12.3 Å². The van der Waals surface area contributed by atoms with Crippen molar-refractivity contribution in [2.24, 2.45) is 0 Å². The van der Waals surface area contributed by atoms with E-state index in [-0.39, 0.29) is 5.91 Å². The summed E-state index contributed by atoms with van der Waals surface area (Å²) in [6, 6.07) is 4.50. The second kappa shape index (κ2) is 8.62. The van der Waals surface area contributed by atoms with E-state index in [1.54, 1.807) is 16.0 Å². The Bertz CT molecular complexity index is 637. The average molecular weight is 366 g/mol. The molecule has 0 atom stereocenters. The van der Waals surface area contributed by atoms with Gasteiger partial charge in [-0.2, -0.15) is 0 Å². The van der Waals surface area contributed by atoms with Crippen molar-refractivity contribution < 1.29 is 4.79 Å². The normalized spacial score (nSPS) is 15.5. The highest BCUT2D eigenvalue weighted by Gasteiger charge is 2.24. The summed E-state index contributed by atoms with van der Waals surface area (Å²) in [6.45, 7) is 3.50. The van der Waals surface area contributed by atoms with Gasteiger partial charge in [-0.15, -0.1) is 16.4 Å². The van der Waals surface area contributed by atoms with Gasteiger partial charge in [-0.25, -0.2) is 4.68 Å². The highest BCUT2D eigenvalue weighted by atomic mass is 32.2. The summed E-state index contributed by atoms with van der Waals surface area (Å²) in [7, 11) is 0. The SMILES string of the molecule is CCN(C(=O)CSc1nnnn1Cc1cccs1)C1CCCCC1. The van der Waals surface area contributed by atoms with Crippen molar-refractivity contribution in [3.8, 4) is 0 Å². The monoisotopic (exact) mass is 365 g/mol. The summed E-state index contributed by atoms with van der Waals surface area (Å²) in [5.41, 5.74) is 0. The maximum Gasteiger partial charge on any atom is 0.233 e. The lowest BCUT2D eigenvalue weighted by Crippen LogP contribution is -2.42. The minimum absolute atomic E-state index is 0.195. The Morgan fingerprint density at radius 3 is 2.96 bits per heavy atom. The fourth-order valence-electron chi connectivity index (χ4n) is 3.19. The van der Waals surface area contributed by atoms with E-state index in [2.05, 4.69) is 28.5 Å². The number of carbonyl (C=O) groups is 1. The highest BCUT2D eigenvalue weighted by Crippen LogP contribution is 2.24. The number of tetrazole rings is 1. The fraction of sp³-hybridized carbons (Fsp3) is 0.625. The van der Waals surface area contributed by atoms with Gasteiger partial charge in [0.1, 0.15) is 0 Å². The Labute approximate surface area is 150 Å². The number of hydrogen-bond acceptors (Lipinski definition) is 6. The molecule has 0 N–H and O–H groups in total. The van der Waals surface area contributed by atoms with Crippen LogP contribution in [0.15, 0.2) is 22.7 Å². The Morgan fingerprint density at radius 2 is 2.25 bits per heavy atom. The van der Waals surface area contributed by atoms with E-state index >= 15 is 0 Å². The minimum atomic E-state index is 0.195. The first-order chi connectivity index (χ1) is 11.8. The van der Waals surface area contributed by atoms with E-state index in [0.717, 1.165) is 19.4 Å². The summed E-state index contributed by atoms with van der Waals surface area (Å²) < 4.78 is 1.76. The number of thioether (sulfide) groups is 1. The van der Waals surface area contributed by atoms with Crippen LogP contribution >= 0.6 is 23.1 Å². The van der Waals surface area contributed by atoms with Crippen molar-refractivity contribution in [1.82, 2.24) is 25.1 Å². The van der Waals surface area contributed by atoms with Crippen molar-refractivity contribution in [1.29, 1.82) is 0 Å². The molecule has 0 spiro atoms. The molecular weight excluding hydrogens is 342 g/mol. The lowest BCUT2D eigenvalue weighted by Gasteiger charge is -2.33. The van der Waals surface area contributed by atoms with Gasteiger partial charge in [0.25, 0.3) is 0 Å². The molecule has 0 aliphatic heterocycles. The number of thiophene rings is 1. The molecule has 8 heteroatoms. The van der Waals surface area contributed by atoms with Gasteiger partial charge in [-0.05, 0) is 41.6 Å². The molecule has 1 amide bonds. The number of rotatable bonds is 7. The quantitative estimate of drug-likeness (QED) is 0.706. The van der Waals surface area contributed by atoms with Crippen LogP contribution in [0.25, 0.3) is 0 Å². The third-order valence-corrected chi connectivity index (χ3v) is 6.19. The molecule has 1 saturated carbocycles. The van der Waals surface area contributed by atoms with E-state index in [1.807, 2.05) is 16.3 Å². The molecule has 6 nitrogen and oxygen atoms in total. The second-order valence-corrected chi connectivity index (χ2v) is 7.93. The molecule has 1 aliphatic rings. The van der Waals surface area contributed by atoms with Crippen molar-refractivity contribution in [2.45, 2.75) is 56.8 Å². The third-order valence-electron chi connectivity index (χ3n) is 4.39. The van der Waals surface area contributed by atoms with Crippen LogP contribution in [-0.2, 0) is 11.3 Å². The molecule has 0 saturated heterocycles. The Kier molecular flexibility index (Phi) is 6.25. The van der Waals surface area contributed by atoms with Crippen LogP contribution < -0.4 is 0 Å². The first-order valence-electron chi connectivity index (χ1n) is 8.48. The Balaban J connectivity index is 1.56. The molecule has 0 bridgehead atoms. The van der Waals surface area contributed by atoms with E-state index in [9.17, 15) is 4.79 Å². The first-order valence-corrected chi connectivity index (χ1v) is 10.3. The molecule has 1 fully saturated rings. The summed E-state index contributed by atoms with van der Waals surface area (Å²) in [5.74, 6) is 0.592. The van der Waals surface area contributed by atoms with Crippen molar-refractivity contribution in [3.05, 3.63) is 22.4 Å². The maximum atomic E-state index is 12.6. The molecule has 0 radical (unpaired) electrons. The van der Waals surface area contributed by atoms with E-state index < -0.39 is 0 Å². The number of nitrogens with zero attached hydrogens (tertiary/aromatic N) is 5. The summed E-state index contributed by atoms with van der Waals surface area (Å²) in [6.07, 6.45) is 6.05.